The maximum atomic E-state index is 12.7. The van der Waals surface area contributed by atoms with E-state index in [4.69, 9.17) is 9.47 Å². The van der Waals surface area contributed by atoms with Gasteiger partial charge in [-0.1, -0.05) is 30.3 Å². The second-order valence-corrected chi connectivity index (χ2v) is 6.22. The van der Waals surface area contributed by atoms with Gasteiger partial charge in [0.1, 0.15) is 18.1 Å². The summed E-state index contributed by atoms with van der Waals surface area (Å²) in [6.45, 7) is 2.73. The molecule has 0 aliphatic carbocycles. The minimum atomic E-state index is -0.730. The van der Waals surface area contributed by atoms with Gasteiger partial charge >= 0.3 is 6.09 Å². The zero-order valence-corrected chi connectivity index (χ0v) is 15.1. The number of nitrogens with zero attached hydrogens (tertiary/aromatic N) is 4. The van der Waals surface area contributed by atoms with Gasteiger partial charge in [-0.05, 0) is 17.7 Å². The van der Waals surface area contributed by atoms with E-state index in [0.717, 1.165) is 5.56 Å². The molecule has 9 heteroatoms. The van der Waals surface area contributed by atoms with E-state index in [-0.39, 0.29) is 12.3 Å². The molecule has 1 amide bonds. The Labute approximate surface area is 160 Å². The molecule has 0 saturated carbocycles. The van der Waals surface area contributed by atoms with Crippen molar-refractivity contribution in [2.75, 3.05) is 36.5 Å². The third-order valence-electron chi connectivity index (χ3n) is 4.33. The van der Waals surface area contributed by atoms with Crippen molar-refractivity contribution in [2.45, 2.75) is 6.61 Å². The molecular weight excluding hydrogens is 362 g/mol. The highest BCUT2D eigenvalue weighted by molar-refractivity contribution is 5.84. The Morgan fingerprint density at radius 1 is 1.14 bits per heavy atom. The van der Waals surface area contributed by atoms with Crippen molar-refractivity contribution in [2.24, 2.45) is 0 Å². The van der Waals surface area contributed by atoms with Crippen molar-refractivity contribution in [1.29, 1.82) is 0 Å². The lowest BCUT2D eigenvalue weighted by Crippen LogP contribution is -2.37. The smallest absolute Gasteiger partial charge is 0.412 e. The minimum Gasteiger partial charge on any atom is -0.444 e. The van der Waals surface area contributed by atoms with Crippen molar-refractivity contribution in [3.05, 3.63) is 64.6 Å². The van der Waals surface area contributed by atoms with Crippen LogP contribution in [0.4, 0.5) is 16.3 Å². The Morgan fingerprint density at radius 3 is 2.71 bits per heavy atom. The van der Waals surface area contributed by atoms with Gasteiger partial charge in [0.25, 0.3) is 5.56 Å². The van der Waals surface area contributed by atoms with E-state index in [1.807, 2.05) is 41.3 Å². The fourth-order valence-corrected chi connectivity index (χ4v) is 2.87. The Kier molecular flexibility index (Phi) is 5.16. The summed E-state index contributed by atoms with van der Waals surface area (Å²) in [5.74, 6) is 0.656. The van der Waals surface area contributed by atoms with Crippen LogP contribution in [0.25, 0.3) is 5.65 Å². The monoisotopic (exact) mass is 381 g/mol. The molecule has 28 heavy (non-hydrogen) atoms. The van der Waals surface area contributed by atoms with Gasteiger partial charge in [-0.3, -0.25) is 10.1 Å². The van der Waals surface area contributed by atoms with Crippen molar-refractivity contribution < 1.29 is 14.3 Å². The Hall–Kier alpha value is -3.46. The first-order valence-corrected chi connectivity index (χ1v) is 8.90. The van der Waals surface area contributed by atoms with Gasteiger partial charge in [0.2, 0.25) is 0 Å². The molecule has 1 aliphatic rings. The number of hydrogen-bond donors (Lipinski definition) is 1. The maximum Gasteiger partial charge on any atom is 0.412 e. The zero-order valence-electron chi connectivity index (χ0n) is 15.1. The van der Waals surface area contributed by atoms with E-state index in [9.17, 15) is 9.59 Å². The SMILES string of the molecule is O=C(Nc1cnc2ccc(N3CCOCC3)nn2c1=O)OCc1ccccc1. The number of carbonyl (C=O) groups is 1. The second-order valence-electron chi connectivity index (χ2n) is 6.22. The molecule has 0 spiro atoms. The fourth-order valence-electron chi connectivity index (χ4n) is 2.87. The van der Waals surface area contributed by atoms with Gasteiger partial charge in [0.05, 0.1) is 19.4 Å². The summed E-state index contributed by atoms with van der Waals surface area (Å²) >= 11 is 0. The summed E-state index contributed by atoms with van der Waals surface area (Å²) in [5, 5.41) is 6.82. The van der Waals surface area contributed by atoms with Gasteiger partial charge in [0, 0.05) is 13.1 Å². The first kappa shape index (κ1) is 17.9. The Morgan fingerprint density at radius 2 is 1.93 bits per heavy atom. The van der Waals surface area contributed by atoms with Crippen LogP contribution in [0, 0.1) is 0 Å². The average Bonchev–Trinajstić information content (AvgIpc) is 2.75. The molecule has 1 N–H and O–H groups in total. The molecular formula is C19H19N5O4. The first-order valence-electron chi connectivity index (χ1n) is 8.90. The summed E-state index contributed by atoms with van der Waals surface area (Å²) in [5.41, 5.74) is 0.770. The molecule has 0 atom stereocenters. The molecule has 1 aromatic carbocycles. The van der Waals surface area contributed by atoms with Gasteiger partial charge in [-0.25, -0.2) is 9.78 Å². The van der Waals surface area contributed by atoms with Crippen molar-refractivity contribution in [1.82, 2.24) is 14.6 Å². The van der Waals surface area contributed by atoms with E-state index in [1.165, 1.54) is 10.7 Å². The number of ether oxygens (including phenoxy) is 2. The van der Waals surface area contributed by atoms with Crippen molar-refractivity contribution in [3.8, 4) is 0 Å². The summed E-state index contributed by atoms with van der Waals surface area (Å²) in [6.07, 6.45) is 0.574. The highest BCUT2D eigenvalue weighted by atomic mass is 16.5. The molecule has 1 aliphatic heterocycles. The van der Waals surface area contributed by atoms with Crippen LogP contribution in [-0.2, 0) is 16.1 Å². The van der Waals surface area contributed by atoms with E-state index in [1.54, 1.807) is 6.07 Å². The number of aromatic nitrogens is 3. The first-order chi connectivity index (χ1) is 13.7. The number of anilines is 2. The summed E-state index contributed by atoms with van der Waals surface area (Å²) < 4.78 is 11.7. The van der Waals surface area contributed by atoms with Gasteiger partial charge < -0.3 is 14.4 Å². The molecule has 3 heterocycles. The second kappa shape index (κ2) is 8.05. The molecule has 1 saturated heterocycles. The molecule has 9 nitrogen and oxygen atoms in total. The van der Waals surface area contributed by atoms with Crippen LogP contribution in [0.2, 0.25) is 0 Å². The Balaban J connectivity index is 1.51. The number of rotatable bonds is 4. The number of amides is 1. The molecule has 4 rings (SSSR count). The summed E-state index contributed by atoms with van der Waals surface area (Å²) in [4.78, 5) is 31.0. The molecule has 0 radical (unpaired) electrons. The number of hydrogen-bond acceptors (Lipinski definition) is 7. The third-order valence-corrected chi connectivity index (χ3v) is 4.33. The molecule has 0 unspecified atom stereocenters. The summed E-state index contributed by atoms with van der Waals surface area (Å²) in [6, 6.07) is 12.8. The van der Waals surface area contributed by atoms with Crippen LogP contribution in [0.5, 0.6) is 0 Å². The number of morpholine rings is 1. The highest BCUT2D eigenvalue weighted by Crippen LogP contribution is 2.13. The number of nitrogens with one attached hydrogen (secondary N) is 1. The van der Waals surface area contributed by atoms with E-state index in [0.29, 0.717) is 37.8 Å². The number of fused-ring (bicyclic) bond motifs is 1. The lowest BCUT2D eigenvalue weighted by atomic mass is 10.2. The lowest BCUT2D eigenvalue weighted by Gasteiger charge is -2.27. The molecule has 3 aromatic rings. The number of benzene rings is 1. The molecule has 144 valence electrons. The highest BCUT2D eigenvalue weighted by Gasteiger charge is 2.15. The van der Waals surface area contributed by atoms with Crippen LogP contribution in [0.15, 0.2) is 53.5 Å². The number of carbonyl (C=O) groups excluding carboxylic acids is 1. The van der Waals surface area contributed by atoms with Crippen molar-refractivity contribution >= 4 is 23.2 Å². The van der Waals surface area contributed by atoms with Crippen LogP contribution < -0.4 is 15.8 Å². The lowest BCUT2D eigenvalue weighted by molar-refractivity contribution is 0.122. The van der Waals surface area contributed by atoms with Crippen LogP contribution in [-0.4, -0.2) is 47.0 Å². The molecule has 0 bridgehead atoms. The largest absolute Gasteiger partial charge is 0.444 e. The molecule has 2 aromatic heterocycles. The Bertz CT molecular complexity index is 1030. The van der Waals surface area contributed by atoms with Crippen molar-refractivity contribution in [3.63, 3.8) is 0 Å². The van der Waals surface area contributed by atoms with Gasteiger partial charge in [-0.2, -0.15) is 4.52 Å². The van der Waals surface area contributed by atoms with E-state index < -0.39 is 11.7 Å². The zero-order chi connectivity index (χ0) is 19.3. The van der Waals surface area contributed by atoms with Gasteiger partial charge in [0.15, 0.2) is 5.65 Å². The topological polar surface area (TPSA) is 98.1 Å². The van der Waals surface area contributed by atoms with Crippen LogP contribution >= 0.6 is 0 Å². The quantitative estimate of drug-likeness (QED) is 0.734. The molecule has 1 fully saturated rings. The predicted octanol–water partition coefficient (Wildman–Crippen LogP) is 1.67. The summed E-state index contributed by atoms with van der Waals surface area (Å²) in [7, 11) is 0. The van der Waals surface area contributed by atoms with Crippen LogP contribution in [0.3, 0.4) is 0 Å². The normalized spacial score (nSPS) is 14.1. The van der Waals surface area contributed by atoms with E-state index in [2.05, 4.69) is 15.4 Å². The standard InChI is InChI=1S/C19H19N5O4/c25-18-15(21-19(26)28-13-14-4-2-1-3-5-14)12-20-16-6-7-17(22-24(16)18)23-8-10-27-11-9-23/h1-7,12H,8-11,13H2,(H,21,26). The van der Waals surface area contributed by atoms with Gasteiger partial charge in [-0.15, -0.1) is 5.10 Å². The van der Waals surface area contributed by atoms with E-state index >= 15 is 0 Å². The third kappa shape index (κ3) is 3.94. The average molecular weight is 381 g/mol. The fraction of sp³-hybridized carbons (Fsp3) is 0.263. The maximum absolute atomic E-state index is 12.7. The minimum absolute atomic E-state index is 0.00203. The van der Waals surface area contributed by atoms with Crippen LogP contribution in [0.1, 0.15) is 5.56 Å². The predicted molar refractivity (Wildman–Crippen MR) is 103 cm³/mol.